The fourth-order valence-electron chi connectivity index (χ4n) is 3.55. The first-order valence-electron chi connectivity index (χ1n) is 7.15. The molecule has 1 aliphatic rings. The molecule has 0 radical (unpaired) electrons. The van der Waals surface area contributed by atoms with E-state index in [0.29, 0.717) is 0 Å². The van der Waals surface area contributed by atoms with Gasteiger partial charge in [0.1, 0.15) is 5.75 Å². The molecule has 0 amide bonds. The van der Waals surface area contributed by atoms with Crippen LogP contribution in [0.25, 0.3) is 10.9 Å². The van der Waals surface area contributed by atoms with E-state index in [2.05, 4.69) is 23.3 Å². The zero-order chi connectivity index (χ0) is 13.3. The summed E-state index contributed by atoms with van der Waals surface area (Å²) in [7, 11) is 1.72. The summed E-state index contributed by atoms with van der Waals surface area (Å²) in [6.07, 6.45) is 8.46. The number of H-pyrrole nitrogens is 1. The third-order valence-corrected chi connectivity index (χ3v) is 4.67. The zero-order valence-corrected chi connectivity index (χ0v) is 11.5. The van der Waals surface area contributed by atoms with Crippen LogP contribution in [0.15, 0.2) is 24.4 Å². The summed E-state index contributed by atoms with van der Waals surface area (Å²) in [6, 6.07) is 6.24. The minimum Gasteiger partial charge on any atom is -0.495 e. The van der Waals surface area contributed by atoms with Crippen molar-refractivity contribution < 1.29 is 4.74 Å². The molecule has 19 heavy (non-hydrogen) atoms. The summed E-state index contributed by atoms with van der Waals surface area (Å²) in [5.74, 6) is 0.909. The van der Waals surface area contributed by atoms with Gasteiger partial charge < -0.3 is 15.5 Å². The number of nitrogens with two attached hydrogens (primary N) is 1. The van der Waals surface area contributed by atoms with Gasteiger partial charge in [0.05, 0.1) is 12.6 Å². The molecule has 3 nitrogen and oxygen atoms in total. The van der Waals surface area contributed by atoms with E-state index >= 15 is 0 Å². The van der Waals surface area contributed by atoms with Gasteiger partial charge in [0.15, 0.2) is 0 Å². The van der Waals surface area contributed by atoms with E-state index in [1.165, 1.54) is 43.1 Å². The largest absolute Gasteiger partial charge is 0.495 e. The molecule has 1 heterocycles. The molecule has 3 heteroatoms. The first-order valence-corrected chi connectivity index (χ1v) is 7.15. The summed E-state index contributed by atoms with van der Waals surface area (Å²) in [5, 5.41) is 1.27. The van der Waals surface area contributed by atoms with Crippen molar-refractivity contribution in [3.05, 3.63) is 30.0 Å². The average molecular weight is 258 g/mol. The van der Waals surface area contributed by atoms with Gasteiger partial charge in [-0.1, -0.05) is 31.4 Å². The maximum Gasteiger partial charge on any atom is 0.142 e. The summed E-state index contributed by atoms with van der Waals surface area (Å²) >= 11 is 0. The summed E-state index contributed by atoms with van der Waals surface area (Å²) < 4.78 is 5.43. The predicted molar refractivity (Wildman–Crippen MR) is 78.7 cm³/mol. The van der Waals surface area contributed by atoms with Crippen LogP contribution in [0, 0.1) is 0 Å². The third-order valence-electron chi connectivity index (χ3n) is 4.67. The van der Waals surface area contributed by atoms with Gasteiger partial charge in [0.25, 0.3) is 0 Å². The lowest BCUT2D eigenvalue weighted by Crippen LogP contribution is -2.36. The highest BCUT2D eigenvalue weighted by Crippen LogP contribution is 2.42. The second-order valence-corrected chi connectivity index (χ2v) is 5.63. The van der Waals surface area contributed by atoms with E-state index < -0.39 is 0 Å². The van der Waals surface area contributed by atoms with Crippen molar-refractivity contribution in [1.82, 2.24) is 4.98 Å². The Morgan fingerprint density at radius 3 is 2.74 bits per heavy atom. The van der Waals surface area contributed by atoms with Crippen molar-refractivity contribution in [2.24, 2.45) is 5.73 Å². The van der Waals surface area contributed by atoms with Crippen LogP contribution in [-0.2, 0) is 5.41 Å². The number of ether oxygens (including phenoxy) is 1. The van der Waals surface area contributed by atoms with Gasteiger partial charge in [-0.2, -0.15) is 0 Å². The van der Waals surface area contributed by atoms with Crippen LogP contribution in [0.2, 0.25) is 0 Å². The molecule has 1 fully saturated rings. The van der Waals surface area contributed by atoms with Gasteiger partial charge in [-0.25, -0.2) is 0 Å². The Bertz CT molecular complexity index is 567. The fourth-order valence-corrected chi connectivity index (χ4v) is 3.55. The molecule has 3 rings (SSSR count). The number of hydrogen-bond acceptors (Lipinski definition) is 2. The van der Waals surface area contributed by atoms with Crippen molar-refractivity contribution in [1.29, 1.82) is 0 Å². The summed E-state index contributed by atoms with van der Waals surface area (Å²) in [4.78, 5) is 3.38. The molecule has 0 atom stereocenters. The molecule has 0 saturated heterocycles. The van der Waals surface area contributed by atoms with Gasteiger partial charge >= 0.3 is 0 Å². The monoisotopic (exact) mass is 258 g/mol. The average Bonchev–Trinajstić information content (AvgIpc) is 2.92. The molecule has 1 aromatic carbocycles. The Balaban J connectivity index is 2.14. The number of fused-ring (bicyclic) bond motifs is 1. The molecule has 0 bridgehead atoms. The van der Waals surface area contributed by atoms with E-state index in [-0.39, 0.29) is 5.41 Å². The van der Waals surface area contributed by atoms with Crippen molar-refractivity contribution in [2.75, 3.05) is 13.7 Å². The number of benzene rings is 1. The van der Waals surface area contributed by atoms with Crippen LogP contribution >= 0.6 is 0 Å². The Labute approximate surface area is 114 Å². The van der Waals surface area contributed by atoms with Crippen LogP contribution in [0.4, 0.5) is 0 Å². The van der Waals surface area contributed by atoms with Crippen LogP contribution in [0.5, 0.6) is 5.75 Å². The van der Waals surface area contributed by atoms with E-state index in [4.69, 9.17) is 10.5 Å². The number of aromatic nitrogens is 1. The molecule has 3 N–H and O–H groups in total. The van der Waals surface area contributed by atoms with Gasteiger partial charge in [-0.3, -0.25) is 0 Å². The molecule has 0 unspecified atom stereocenters. The van der Waals surface area contributed by atoms with Crippen molar-refractivity contribution in [3.63, 3.8) is 0 Å². The third kappa shape index (κ3) is 1.93. The number of hydrogen-bond donors (Lipinski definition) is 2. The lowest BCUT2D eigenvalue weighted by Gasteiger charge is -2.36. The highest BCUT2D eigenvalue weighted by Gasteiger charge is 2.34. The first-order chi connectivity index (χ1) is 9.30. The van der Waals surface area contributed by atoms with E-state index in [1.807, 2.05) is 6.07 Å². The highest BCUT2D eigenvalue weighted by atomic mass is 16.5. The van der Waals surface area contributed by atoms with Gasteiger partial charge in [0, 0.05) is 23.5 Å². The molecular weight excluding hydrogens is 236 g/mol. The minimum absolute atomic E-state index is 0.156. The second-order valence-electron chi connectivity index (χ2n) is 5.63. The molecule has 0 aliphatic heterocycles. The molecule has 1 aliphatic carbocycles. The Hall–Kier alpha value is -1.48. The van der Waals surface area contributed by atoms with Crippen molar-refractivity contribution in [3.8, 4) is 5.75 Å². The Kier molecular flexibility index (Phi) is 3.23. The standard InChI is InChI=1S/C16H22N2O/c1-19-14-7-5-6-12-13(10-18-15(12)14)16(11-17)8-3-2-4-9-16/h5-7,10,18H,2-4,8-9,11,17H2,1H3. The summed E-state index contributed by atoms with van der Waals surface area (Å²) in [5.41, 5.74) is 8.78. The second kappa shape index (κ2) is 4.89. The van der Waals surface area contributed by atoms with Crippen molar-refractivity contribution >= 4 is 10.9 Å². The maximum absolute atomic E-state index is 6.15. The lowest BCUT2D eigenvalue weighted by molar-refractivity contribution is 0.303. The topological polar surface area (TPSA) is 51.0 Å². The van der Waals surface area contributed by atoms with Crippen LogP contribution in [0.1, 0.15) is 37.7 Å². The Morgan fingerprint density at radius 1 is 1.26 bits per heavy atom. The first kappa shape index (κ1) is 12.5. The van der Waals surface area contributed by atoms with Gasteiger partial charge in [0.2, 0.25) is 0 Å². The van der Waals surface area contributed by atoms with Gasteiger partial charge in [-0.15, -0.1) is 0 Å². The minimum atomic E-state index is 0.156. The highest BCUT2D eigenvalue weighted by molar-refractivity contribution is 5.89. The van der Waals surface area contributed by atoms with Crippen LogP contribution in [-0.4, -0.2) is 18.6 Å². The maximum atomic E-state index is 6.15. The summed E-state index contributed by atoms with van der Waals surface area (Å²) in [6.45, 7) is 0.733. The lowest BCUT2D eigenvalue weighted by atomic mass is 9.69. The normalized spacial score (nSPS) is 18.6. The molecule has 0 spiro atoms. The number of rotatable bonds is 3. The molecule has 2 aromatic rings. The van der Waals surface area contributed by atoms with Gasteiger partial charge in [-0.05, 0) is 24.5 Å². The smallest absolute Gasteiger partial charge is 0.142 e. The van der Waals surface area contributed by atoms with E-state index in [0.717, 1.165) is 17.8 Å². The number of nitrogens with one attached hydrogen (secondary N) is 1. The number of aromatic amines is 1. The Morgan fingerprint density at radius 2 is 2.05 bits per heavy atom. The molecule has 1 aromatic heterocycles. The zero-order valence-electron chi connectivity index (χ0n) is 11.5. The number of para-hydroxylation sites is 1. The van der Waals surface area contributed by atoms with Crippen LogP contribution in [0.3, 0.4) is 0 Å². The molecular formula is C16H22N2O. The van der Waals surface area contributed by atoms with E-state index in [9.17, 15) is 0 Å². The van der Waals surface area contributed by atoms with E-state index in [1.54, 1.807) is 7.11 Å². The van der Waals surface area contributed by atoms with Crippen molar-refractivity contribution in [2.45, 2.75) is 37.5 Å². The fraction of sp³-hybridized carbons (Fsp3) is 0.500. The SMILES string of the molecule is COc1cccc2c(C3(CN)CCCCC3)c[nH]c12. The predicted octanol–water partition coefficient (Wildman–Crippen LogP) is 3.34. The van der Waals surface area contributed by atoms with Crippen LogP contribution < -0.4 is 10.5 Å². The number of methoxy groups -OCH3 is 1. The molecule has 102 valence electrons. The quantitative estimate of drug-likeness (QED) is 0.887. The molecule has 1 saturated carbocycles.